The number of thiophene rings is 1. The van der Waals surface area contributed by atoms with Gasteiger partial charge in [0.1, 0.15) is 5.75 Å². The van der Waals surface area contributed by atoms with Gasteiger partial charge in [0.25, 0.3) is 0 Å². The van der Waals surface area contributed by atoms with E-state index in [1.165, 1.54) is 20.5 Å². The van der Waals surface area contributed by atoms with Crippen LogP contribution in [0.2, 0.25) is 0 Å². The van der Waals surface area contributed by atoms with E-state index in [2.05, 4.69) is 38.2 Å². The second kappa shape index (κ2) is 5.07. The van der Waals surface area contributed by atoms with Crippen molar-refractivity contribution in [3.63, 3.8) is 0 Å². The largest absolute Gasteiger partial charge is 0.497 e. The summed E-state index contributed by atoms with van der Waals surface area (Å²) in [6, 6.07) is 6.82. The number of benzene rings is 1. The summed E-state index contributed by atoms with van der Waals surface area (Å²) in [5, 5.41) is 4.82. The maximum atomic E-state index is 5.26. The van der Waals surface area contributed by atoms with E-state index >= 15 is 0 Å². The topological polar surface area (TPSA) is 21.3 Å². The molecule has 1 aromatic carbocycles. The zero-order valence-corrected chi connectivity index (χ0v) is 11.6. The molecule has 0 aliphatic heterocycles. The Bertz CT molecular complexity index is 516. The normalized spacial score (nSPS) is 11.4. The van der Waals surface area contributed by atoms with Crippen LogP contribution in [0.3, 0.4) is 0 Å². The third kappa shape index (κ3) is 2.61. The average Bonchev–Trinajstić information content (AvgIpc) is 2.63. The third-order valence-corrected chi connectivity index (χ3v) is 4.17. The molecule has 3 heteroatoms. The molecule has 17 heavy (non-hydrogen) atoms. The Hall–Kier alpha value is -1.06. The quantitative estimate of drug-likeness (QED) is 0.891. The molecule has 0 saturated carbocycles. The molecule has 1 aromatic heterocycles. The Morgan fingerprint density at radius 2 is 2.12 bits per heavy atom. The number of hydrogen-bond donors (Lipinski definition) is 1. The molecule has 0 saturated heterocycles. The number of nitrogens with one attached hydrogen (secondary N) is 1. The van der Waals surface area contributed by atoms with Crippen LogP contribution in [0.25, 0.3) is 10.1 Å². The molecule has 0 atom stereocenters. The lowest BCUT2D eigenvalue weighted by atomic mass is 10.1. The highest BCUT2D eigenvalue weighted by molar-refractivity contribution is 7.19. The fraction of sp³-hybridized carbons (Fsp3) is 0.429. The van der Waals surface area contributed by atoms with Crippen molar-refractivity contribution in [2.24, 2.45) is 0 Å². The van der Waals surface area contributed by atoms with E-state index in [4.69, 9.17) is 4.74 Å². The summed E-state index contributed by atoms with van der Waals surface area (Å²) in [6.45, 7) is 7.49. The Morgan fingerprint density at radius 1 is 1.35 bits per heavy atom. The maximum Gasteiger partial charge on any atom is 0.120 e. The highest BCUT2D eigenvalue weighted by atomic mass is 32.1. The van der Waals surface area contributed by atoms with Crippen LogP contribution in [0, 0.1) is 6.92 Å². The number of rotatable bonds is 4. The summed E-state index contributed by atoms with van der Waals surface area (Å²) in [5.41, 5.74) is 1.39. The van der Waals surface area contributed by atoms with Gasteiger partial charge in [-0.3, -0.25) is 0 Å². The number of ether oxygens (including phenoxy) is 1. The van der Waals surface area contributed by atoms with Crippen LogP contribution in [-0.2, 0) is 6.54 Å². The molecule has 0 amide bonds. The lowest BCUT2D eigenvalue weighted by Crippen LogP contribution is -2.21. The average molecular weight is 249 g/mol. The lowest BCUT2D eigenvalue weighted by Gasteiger charge is -2.06. The Balaban J connectivity index is 2.34. The van der Waals surface area contributed by atoms with Crippen molar-refractivity contribution in [2.45, 2.75) is 33.4 Å². The van der Waals surface area contributed by atoms with Gasteiger partial charge in [-0.05, 0) is 36.1 Å². The van der Waals surface area contributed by atoms with Crippen LogP contribution in [0.1, 0.15) is 24.3 Å². The Kier molecular flexibility index (Phi) is 3.69. The fourth-order valence-electron chi connectivity index (χ4n) is 1.85. The van der Waals surface area contributed by atoms with E-state index in [0.29, 0.717) is 6.04 Å². The third-order valence-electron chi connectivity index (χ3n) is 2.92. The van der Waals surface area contributed by atoms with Crippen LogP contribution >= 0.6 is 11.3 Å². The summed E-state index contributed by atoms with van der Waals surface area (Å²) in [7, 11) is 1.71. The molecule has 0 aliphatic rings. The number of fused-ring (bicyclic) bond motifs is 1. The van der Waals surface area contributed by atoms with Crippen molar-refractivity contribution in [1.29, 1.82) is 0 Å². The first-order valence-electron chi connectivity index (χ1n) is 5.91. The van der Waals surface area contributed by atoms with E-state index < -0.39 is 0 Å². The predicted molar refractivity (Wildman–Crippen MR) is 75.1 cm³/mol. The maximum absolute atomic E-state index is 5.26. The summed E-state index contributed by atoms with van der Waals surface area (Å²) < 4.78 is 6.57. The second-order valence-corrected chi connectivity index (χ2v) is 5.68. The minimum Gasteiger partial charge on any atom is -0.497 e. The first kappa shape index (κ1) is 12.4. The predicted octanol–water partition coefficient (Wildman–Crippen LogP) is 3.72. The van der Waals surface area contributed by atoms with E-state index in [0.717, 1.165) is 12.3 Å². The van der Waals surface area contributed by atoms with Crippen molar-refractivity contribution >= 4 is 21.4 Å². The minimum absolute atomic E-state index is 0.522. The van der Waals surface area contributed by atoms with Crippen molar-refractivity contribution < 1.29 is 4.74 Å². The molecule has 0 bridgehead atoms. The summed E-state index contributed by atoms with van der Waals surface area (Å²) in [6.07, 6.45) is 0. The van der Waals surface area contributed by atoms with E-state index in [9.17, 15) is 0 Å². The first-order valence-corrected chi connectivity index (χ1v) is 6.73. The van der Waals surface area contributed by atoms with Gasteiger partial charge < -0.3 is 10.1 Å². The Labute approximate surface area is 107 Å². The fourth-order valence-corrected chi connectivity index (χ4v) is 3.04. The highest BCUT2D eigenvalue weighted by Gasteiger charge is 2.09. The van der Waals surface area contributed by atoms with Crippen LogP contribution in [0.15, 0.2) is 18.2 Å². The van der Waals surface area contributed by atoms with Crippen molar-refractivity contribution in [2.75, 3.05) is 7.11 Å². The molecule has 0 aliphatic carbocycles. The molecular formula is C14H19NOS. The highest BCUT2D eigenvalue weighted by Crippen LogP contribution is 2.33. The molecule has 0 unspecified atom stereocenters. The van der Waals surface area contributed by atoms with Crippen molar-refractivity contribution in [3.8, 4) is 5.75 Å². The molecule has 2 rings (SSSR count). The van der Waals surface area contributed by atoms with Gasteiger partial charge in [0.05, 0.1) is 7.11 Å². The lowest BCUT2D eigenvalue weighted by molar-refractivity contribution is 0.415. The molecule has 0 fully saturated rings. The van der Waals surface area contributed by atoms with Gasteiger partial charge in [-0.25, -0.2) is 0 Å². The van der Waals surface area contributed by atoms with E-state index in [-0.39, 0.29) is 0 Å². The number of hydrogen-bond acceptors (Lipinski definition) is 3. The van der Waals surface area contributed by atoms with Crippen LogP contribution in [-0.4, -0.2) is 13.2 Å². The molecule has 92 valence electrons. The molecule has 2 aromatic rings. The van der Waals surface area contributed by atoms with Crippen LogP contribution < -0.4 is 10.1 Å². The smallest absolute Gasteiger partial charge is 0.120 e. The summed E-state index contributed by atoms with van der Waals surface area (Å²) in [5.74, 6) is 0.933. The van der Waals surface area contributed by atoms with Crippen LogP contribution in [0.4, 0.5) is 0 Å². The molecule has 0 radical (unpaired) electrons. The zero-order valence-electron chi connectivity index (χ0n) is 10.8. The van der Waals surface area contributed by atoms with Gasteiger partial charge in [-0.1, -0.05) is 13.8 Å². The second-order valence-electron chi connectivity index (χ2n) is 4.55. The number of aryl methyl sites for hydroxylation is 1. The number of methoxy groups -OCH3 is 1. The summed E-state index contributed by atoms with van der Waals surface area (Å²) >= 11 is 1.85. The van der Waals surface area contributed by atoms with Crippen molar-refractivity contribution in [1.82, 2.24) is 5.32 Å². The minimum atomic E-state index is 0.522. The molecule has 1 N–H and O–H groups in total. The zero-order chi connectivity index (χ0) is 12.4. The van der Waals surface area contributed by atoms with Crippen LogP contribution in [0.5, 0.6) is 5.75 Å². The van der Waals surface area contributed by atoms with E-state index in [1.807, 2.05) is 17.4 Å². The molecule has 0 spiro atoms. The van der Waals surface area contributed by atoms with Gasteiger partial charge in [0, 0.05) is 22.2 Å². The van der Waals surface area contributed by atoms with Gasteiger partial charge in [0.15, 0.2) is 0 Å². The SMILES string of the molecule is COc1ccc2c(C)c(CNC(C)C)sc2c1. The monoisotopic (exact) mass is 249 g/mol. The van der Waals surface area contributed by atoms with Crippen molar-refractivity contribution in [3.05, 3.63) is 28.6 Å². The summed E-state index contributed by atoms with van der Waals surface area (Å²) in [4.78, 5) is 1.42. The van der Waals surface area contributed by atoms with Gasteiger partial charge >= 0.3 is 0 Å². The Morgan fingerprint density at radius 3 is 2.76 bits per heavy atom. The first-order chi connectivity index (χ1) is 8.11. The van der Waals surface area contributed by atoms with Gasteiger partial charge in [-0.2, -0.15) is 0 Å². The molecule has 1 heterocycles. The van der Waals surface area contributed by atoms with E-state index in [1.54, 1.807) is 7.11 Å². The van der Waals surface area contributed by atoms with Gasteiger partial charge in [-0.15, -0.1) is 11.3 Å². The molecule has 2 nitrogen and oxygen atoms in total. The molecular weight excluding hydrogens is 230 g/mol. The van der Waals surface area contributed by atoms with Gasteiger partial charge in [0.2, 0.25) is 0 Å². The standard InChI is InChI=1S/C14H19NOS/c1-9(2)15-8-14-10(3)12-6-5-11(16-4)7-13(12)17-14/h5-7,9,15H,8H2,1-4H3.